The van der Waals surface area contributed by atoms with Crippen LogP contribution in [0, 0.1) is 0 Å². The number of aromatic hydroxyl groups is 1. The Morgan fingerprint density at radius 2 is 1.74 bits per heavy atom. The Labute approximate surface area is 132 Å². The van der Waals surface area contributed by atoms with Crippen LogP contribution in [0.25, 0.3) is 0 Å². The van der Waals surface area contributed by atoms with Crippen molar-refractivity contribution >= 4 is 17.9 Å². The predicted octanol–water partition coefficient (Wildman–Crippen LogP) is 0.511. The van der Waals surface area contributed by atoms with Crippen molar-refractivity contribution in [3.05, 3.63) is 42.1 Å². The fourth-order valence-corrected chi connectivity index (χ4v) is 1.93. The topological polar surface area (TPSA) is 122 Å². The van der Waals surface area contributed by atoms with Gasteiger partial charge >= 0.3 is 17.9 Å². The van der Waals surface area contributed by atoms with Crippen molar-refractivity contribution in [1.29, 1.82) is 0 Å². The Morgan fingerprint density at radius 1 is 1.17 bits per heavy atom. The molecule has 1 aromatic carbocycles. The quantitative estimate of drug-likeness (QED) is 0.490. The molecule has 0 aliphatic carbocycles. The predicted molar refractivity (Wildman–Crippen MR) is 78.3 cm³/mol. The van der Waals surface area contributed by atoms with Gasteiger partial charge in [-0.2, -0.15) is 0 Å². The number of ether oxygens (including phenoxy) is 2. The zero-order valence-corrected chi connectivity index (χ0v) is 12.7. The number of carboxylic acids is 1. The van der Waals surface area contributed by atoms with Crippen LogP contribution in [0.1, 0.15) is 12.0 Å². The van der Waals surface area contributed by atoms with Gasteiger partial charge in [-0.15, -0.1) is 0 Å². The van der Waals surface area contributed by atoms with Gasteiger partial charge in [-0.3, -0.25) is 4.79 Å². The molecule has 8 heteroatoms. The smallest absolute Gasteiger partial charge is 0.348 e. The highest BCUT2D eigenvalue weighted by atomic mass is 16.5. The van der Waals surface area contributed by atoms with Gasteiger partial charge < -0.3 is 25.0 Å². The molecule has 0 radical (unpaired) electrons. The standard InChI is InChI=1S/C15H17NO7/c1-9(8-12(18)22-2)16-15(13(19)20,14(21)23-3)10-4-6-11(17)7-5-10/h4-7,16-17H,1,8H2,2-3H3,(H,19,20). The molecular formula is C15H17NO7. The summed E-state index contributed by atoms with van der Waals surface area (Å²) in [6, 6.07) is 4.94. The summed E-state index contributed by atoms with van der Waals surface area (Å²) in [6.07, 6.45) is -0.333. The van der Waals surface area contributed by atoms with Gasteiger partial charge in [-0.1, -0.05) is 18.7 Å². The lowest BCUT2D eigenvalue weighted by molar-refractivity contribution is -0.162. The molecule has 23 heavy (non-hydrogen) atoms. The van der Waals surface area contributed by atoms with Gasteiger partial charge in [0.15, 0.2) is 0 Å². The number of nitrogens with one attached hydrogen (secondary N) is 1. The molecule has 0 heterocycles. The minimum atomic E-state index is -2.31. The first-order valence-electron chi connectivity index (χ1n) is 6.42. The second-order valence-corrected chi connectivity index (χ2v) is 4.58. The molecule has 0 bridgehead atoms. The molecule has 8 nitrogen and oxygen atoms in total. The van der Waals surface area contributed by atoms with Gasteiger partial charge in [0.2, 0.25) is 0 Å². The molecule has 1 rings (SSSR count). The number of hydrogen-bond donors (Lipinski definition) is 3. The largest absolute Gasteiger partial charge is 0.508 e. The number of aliphatic carboxylic acids is 1. The van der Waals surface area contributed by atoms with Crippen LogP contribution in [-0.2, 0) is 29.4 Å². The van der Waals surface area contributed by atoms with Crippen molar-refractivity contribution in [2.75, 3.05) is 14.2 Å². The van der Waals surface area contributed by atoms with Crippen LogP contribution in [0.4, 0.5) is 0 Å². The van der Waals surface area contributed by atoms with Crippen LogP contribution in [0.5, 0.6) is 5.75 Å². The summed E-state index contributed by atoms with van der Waals surface area (Å²) in [7, 11) is 2.20. The minimum absolute atomic E-state index is 0.000616. The van der Waals surface area contributed by atoms with Crippen molar-refractivity contribution in [3.63, 3.8) is 0 Å². The van der Waals surface area contributed by atoms with E-state index in [-0.39, 0.29) is 23.4 Å². The van der Waals surface area contributed by atoms with Gasteiger partial charge in [0.25, 0.3) is 5.54 Å². The first-order valence-corrected chi connectivity index (χ1v) is 6.42. The molecule has 0 aliphatic rings. The maximum absolute atomic E-state index is 12.2. The highest BCUT2D eigenvalue weighted by Gasteiger charge is 2.50. The van der Waals surface area contributed by atoms with Crippen LogP contribution < -0.4 is 5.32 Å². The van der Waals surface area contributed by atoms with E-state index >= 15 is 0 Å². The zero-order valence-electron chi connectivity index (χ0n) is 12.7. The van der Waals surface area contributed by atoms with E-state index in [0.717, 1.165) is 7.11 Å². The molecule has 3 N–H and O–H groups in total. The van der Waals surface area contributed by atoms with E-state index in [2.05, 4.69) is 21.4 Å². The molecule has 1 aromatic rings. The first-order chi connectivity index (χ1) is 10.8. The van der Waals surface area contributed by atoms with Crippen molar-refractivity contribution in [2.45, 2.75) is 12.0 Å². The minimum Gasteiger partial charge on any atom is -0.508 e. The molecule has 1 atom stereocenters. The summed E-state index contributed by atoms with van der Waals surface area (Å²) in [5, 5.41) is 21.4. The number of esters is 2. The van der Waals surface area contributed by atoms with E-state index in [1.165, 1.54) is 31.4 Å². The van der Waals surface area contributed by atoms with Crippen LogP contribution in [0.3, 0.4) is 0 Å². The number of rotatable bonds is 7. The van der Waals surface area contributed by atoms with Crippen molar-refractivity contribution < 1.29 is 34.1 Å². The summed E-state index contributed by atoms with van der Waals surface area (Å²) in [5.41, 5.74) is -2.36. The molecule has 124 valence electrons. The van der Waals surface area contributed by atoms with E-state index in [0.29, 0.717) is 0 Å². The summed E-state index contributed by atoms with van der Waals surface area (Å²) >= 11 is 0. The summed E-state index contributed by atoms with van der Waals surface area (Å²) in [4.78, 5) is 35.3. The molecule has 0 fully saturated rings. The average molecular weight is 323 g/mol. The van der Waals surface area contributed by atoms with E-state index < -0.39 is 23.4 Å². The number of methoxy groups -OCH3 is 2. The molecular weight excluding hydrogens is 306 g/mol. The second-order valence-electron chi connectivity index (χ2n) is 4.58. The Hall–Kier alpha value is -3.03. The summed E-state index contributed by atoms with van der Waals surface area (Å²) < 4.78 is 9.06. The number of phenols is 1. The number of benzene rings is 1. The second kappa shape index (κ2) is 7.30. The molecule has 1 unspecified atom stereocenters. The highest BCUT2D eigenvalue weighted by molar-refractivity contribution is 6.05. The maximum atomic E-state index is 12.2. The van der Waals surface area contributed by atoms with E-state index in [1.807, 2.05) is 0 Å². The molecule has 0 aliphatic heterocycles. The Morgan fingerprint density at radius 3 is 2.17 bits per heavy atom. The third-order valence-corrected chi connectivity index (χ3v) is 3.06. The monoisotopic (exact) mass is 323 g/mol. The van der Waals surface area contributed by atoms with Gasteiger partial charge in [0.05, 0.1) is 20.6 Å². The Kier molecular flexibility index (Phi) is 5.72. The summed E-state index contributed by atoms with van der Waals surface area (Å²) in [6.45, 7) is 3.54. The lowest BCUT2D eigenvalue weighted by atomic mass is 9.89. The third kappa shape index (κ3) is 3.79. The highest BCUT2D eigenvalue weighted by Crippen LogP contribution is 2.27. The van der Waals surface area contributed by atoms with Gasteiger partial charge in [-0.05, 0) is 12.1 Å². The van der Waals surface area contributed by atoms with Crippen LogP contribution in [0.2, 0.25) is 0 Å². The van der Waals surface area contributed by atoms with E-state index in [1.54, 1.807) is 0 Å². The molecule has 0 aromatic heterocycles. The van der Waals surface area contributed by atoms with Crippen molar-refractivity contribution in [2.24, 2.45) is 0 Å². The molecule has 0 amide bonds. The Bertz CT molecular complexity index is 623. The van der Waals surface area contributed by atoms with Crippen LogP contribution in [0.15, 0.2) is 36.5 Å². The number of hydrogen-bond acceptors (Lipinski definition) is 7. The first kappa shape index (κ1) is 18.0. The van der Waals surface area contributed by atoms with Crippen LogP contribution >= 0.6 is 0 Å². The fourth-order valence-electron chi connectivity index (χ4n) is 1.93. The summed E-state index contributed by atoms with van der Waals surface area (Å²) in [5.74, 6) is -3.42. The molecule has 0 saturated heterocycles. The van der Waals surface area contributed by atoms with Gasteiger partial charge in [0, 0.05) is 11.3 Å². The third-order valence-electron chi connectivity index (χ3n) is 3.06. The lowest BCUT2D eigenvalue weighted by Crippen LogP contribution is -2.55. The average Bonchev–Trinajstić information content (AvgIpc) is 2.52. The fraction of sp³-hybridized carbons (Fsp3) is 0.267. The van der Waals surface area contributed by atoms with Crippen molar-refractivity contribution in [1.82, 2.24) is 5.32 Å². The van der Waals surface area contributed by atoms with Crippen molar-refractivity contribution in [3.8, 4) is 5.75 Å². The number of carbonyl (C=O) groups excluding carboxylic acids is 2. The zero-order chi connectivity index (χ0) is 17.6. The SMILES string of the molecule is C=C(CC(=O)OC)NC(C(=O)O)(C(=O)OC)c1ccc(O)cc1. The van der Waals surface area contributed by atoms with E-state index in [4.69, 9.17) is 0 Å². The van der Waals surface area contributed by atoms with E-state index in [9.17, 15) is 24.6 Å². The lowest BCUT2D eigenvalue weighted by Gasteiger charge is -2.29. The normalized spacial score (nSPS) is 12.6. The van der Waals surface area contributed by atoms with Crippen LogP contribution in [-0.4, -0.2) is 42.3 Å². The number of carboxylic acid groups (broad SMARTS) is 1. The maximum Gasteiger partial charge on any atom is 0.348 e. The number of carbonyl (C=O) groups is 3. The molecule has 0 saturated carbocycles. The molecule has 0 spiro atoms. The number of phenolic OH excluding ortho intramolecular Hbond substituents is 1. The van der Waals surface area contributed by atoms with Gasteiger partial charge in [-0.25, -0.2) is 9.59 Å². The Balaban J connectivity index is 3.32. The van der Waals surface area contributed by atoms with Gasteiger partial charge in [0.1, 0.15) is 5.75 Å².